The Hall–Kier alpha value is -3.84. The molecule has 0 spiro atoms. The Kier molecular flexibility index (Phi) is 7.24. The minimum absolute atomic E-state index is 0.130. The molecule has 7 nitrogen and oxygen atoms in total. The van der Waals surface area contributed by atoms with Crippen molar-refractivity contribution in [1.82, 2.24) is 0 Å². The second-order valence-electron chi connectivity index (χ2n) is 6.42. The first-order chi connectivity index (χ1) is 15.0. The number of ether oxygens (including phenoxy) is 2. The highest BCUT2D eigenvalue weighted by atomic mass is 35.5. The first-order valence-corrected chi connectivity index (χ1v) is 9.62. The summed E-state index contributed by atoms with van der Waals surface area (Å²) >= 11 is 5.89. The lowest BCUT2D eigenvalue weighted by atomic mass is 10.2. The molecule has 0 fully saturated rings. The van der Waals surface area contributed by atoms with E-state index in [4.69, 9.17) is 21.1 Å². The largest absolute Gasteiger partial charge is 0.493 e. The first kappa shape index (κ1) is 21.9. The number of nitrogens with one attached hydrogen (secondary N) is 1. The number of benzene rings is 3. The molecule has 8 heteroatoms. The molecule has 0 aliphatic carbocycles. The van der Waals surface area contributed by atoms with Gasteiger partial charge in [0.05, 0.1) is 12.0 Å². The minimum Gasteiger partial charge on any atom is -0.493 e. The Balaban J connectivity index is 1.66. The molecular weight excluding hydrogens is 420 g/mol. The van der Waals surface area contributed by atoms with Gasteiger partial charge in [-0.1, -0.05) is 41.9 Å². The number of hydrogen-bond donors (Lipinski definition) is 1. The third-order valence-corrected chi connectivity index (χ3v) is 4.53. The summed E-state index contributed by atoms with van der Waals surface area (Å²) in [5, 5.41) is 14.2. The fourth-order valence-corrected chi connectivity index (χ4v) is 2.86. The molecule has 0 aliphatic rings. The maximum atomic E-state index is 12.2. The topological polar surface area (TPSA) is 90.7 Å². The van der Waals surface area contributed by atoms with Crippen molar-refractivity contribution in [2.45, 2.75) is 6.61 Å². The third-order valence-electron chi connectivity index (χ3n) is 4.28. The predicted molar refractivity (Wildman–Crippen MR) is 120 cm³/mol. The van der Waals surface area contributed by atoms with Gasteiger partial charge in [0.15, 0.2) is 11.5 Å². The summed E-state index contributed by atoms with van der Waals surface area (Å²) in [6, 6.07) is 18.5. The summed E-state index contributed by atoms with van der Waals surface area (Å²) in [6.07, 6.45) is 2.87. The number of amides is 1. The summed E-state index contributed by atoms with van der Waals surface area (Å²) in [5.41, 5.74) is 1.62. The highest BCUT2D eigenvalue weighted by molar-refractivity contribution is 6.30. The number of nitro groups is 1. The smallest absolute Gasteiger partial charge is 0.292 e. The van der Waals surface area contributed by atoms with E-state index < -0.39 is 10.8 Å². The lowest BCUT2D eigenvalue weighted by molar-refractivity contribution is -0.383. The van der Waals surface area contributed by atoms with E-state index in [9.17, 15) is 14.9 Å². The van der Waals surface area contributed by atoms with Gasteiger partial charge in [-0.3, -0.25) is 14.9 Å². The molecule has 0 bridgehead atoms. The van der Waals surface area contributed by atoms with Gasteiger partial charge in [0, 0.05) is 17.2 Å². The van der Waals surface area contributed by atoms with Crippen molar-refractivity contribution in [2.24, 2.45) is 0 Å². The fourth-order valence-electron chi connectivity index (χ4n) is 2.73. The van der Waals surface area contributed by atoms with Crippen LogP contribution in [0.15, 0.2) is 72.8 Å². The molecule has 3 rings (SSSR count). The quantitative estimate of drug-likeness (QED) is 0.285. The van der Waals surface area contributed by atoms with Crippen LogP contribution in [0.3, 0.4) is 0 Å². The van der Waals surface area contributed by atoms with Crippen molar-refractivity contribution in [3.05, 3.63) is 99.1 Å². The number of anilines is 1. The van der Waals surface area contributed by atoms with E-state index in [-0.39, 0.29) is 11.4 Å². The zero-order chi connectivity index (χ0) is 22.2. The second-order valence-corrected chi connectivity index (χ2v) is 6.86. The van der Waals surface area contributed by atoms with E-state index in [2.05, 4.69) is 5.32 Å². The average molecular weight is 439 g/mol. The lowest BCUT2D eigenvalue weighted by Crippen LogP contribution is -2.09. The van der Waals surface area contributed by atoms with Crippen molar-refractivity contribution >= 4 is 35.0 Å². The van der Waals surface area contributed by atoms with Crippen molar-refractivity contribution < 1.29 is 19.2 Å². The molecule has 1 amide bonds. The minimum atomic E-state index is -0.549. The van der Waals surface area contributed by atoms with Gasteiger partial charge in [0.1, 0.15) is 12.3 Å². The molecule has 0 heterocycles. The molecule has 158 valence electrons. The van der Waals surface area contributed by atoms with Crippen LogP contribution in [0.1, 0.15) is 11.1 Å². The summed E-state index contributed by atoms with van der Waals surface area (Å²) in [6.45, 7) is 0.348. The zero-order valence-corrected chi connectivity index (χ0v) is 17.3. The molecule has 0 radical (unpaired) electrons. The molecule has 0 unspecified atom stereocenters. The molecule has 3 aromatic rings. The van der Waals surface area contributed by atoms with Gasteiger partial charge < -0.3 is 14.8 Å². The summed E-state index contributed by atoms with van der Waals surface area (Å²) in [5.74, 6) is 0.575. The molecular formula is C23H19ClN2O5. The molecule has 3 aromatic carbocycles. The Morgan fingerprint density at radius 2 is 1.84 bits per heavy atom. The number of halogens is 1. The van der Waals surface area contributed by atoms with Gasteiger partial charge in [0.25, 0.3) is 5.69 Å². The number of carbonyl (C=O) groups is 1. The number of nitro benzene ring substituents is 1. The molecule has 0 aliphatic heterocycles. The van der Waals surface area contributed by atoms with E-state index in [0.29, 0.717) is 28.7 Å². The number of methoxy groups -OCH3 is 1. The average Bonchev–Trinajstić information content (AvgIpc) is 2.77. The maximum absolute atomic E-state index is 12.2. The van der Waals surface area contributed by atoms with Crippen LogP contribution in [0.2, 0.25) is 5.02 Å². The zero-order valence-electron chi connectivity index (χ0n) is 16.6. The first-order valence-electron chi connectivity index (χ1n) is 9.24. The van der Waals surface area contributed by atoms with Crippen LogP contribution < -0.4 is 14.8 Å². The highest BCUT2D eigenvalue weighted by Gasteiger charge is 2.13. The molecule has 0 atom stereocenters. The van der Waals surface area contributed by atoms with Gasteiger partial charge in [-0.2, -0.15) is 0 Å². The van der Waals surface area contributed by atoms with E-state index >= 15 is 0 Å². The van der Waals surface area contributed by atoms with E-state index in [0.717, 1.165) is 5.56 Å². The molecule has 0 saturated carbocycles. The van der Waals surface area contributed by atoms with Crippen LogP contribution in [0.4, 0.5) is 11.4 Å². The van der Waals surface area contributed by atoms with Crippen molar-refractivity contribution in [3.63, 3.8) is 0 Å². The Morgan fingerprint density at radius 3 is 2.55 bits per heavy atom. The van der Waals surface area contributed by atoms with Crippen LogP contribution in [-0.4, -0.2) is 17.9 Å². The Labute approximate surface area is 184 Å². The van der Waals surface area contributed by atoms with E-state index in [1.807, 2.05) is 12.1 Å². The molecule has 31 heavy (non-hydrogen) atoms. The SMILES string of the molecule is COc1cc(C=CC(=O)Nc2ccccc2[N+](=O)[O-])ccc1OCc1ccc(Cl)cc1. The highest BCUT2D eigenvalue weighted by Crippen LogP contribution is 2.29. The lowest BCUT2D eigenvalue weighted by Gasteiger charge is -2.11. The molecule has 0 aromatic heterocycles. The van der Waals surface area contributed by atoms with Crippen molar-refractivity contribution in [3.8, 4) is 11.5 Å². The van der Waals surface area contributed by atoms with Crippen LogP contribution in [0, 0.1) is 10.1 Å². The van der Waals surface area contributed by atoms with Crippen LogP contribution in [0.5, 0.6) is 11.5 Å². The van der Waals surface area contributed by atoms with Gasteiger partial charge in [-0.05, 0) is 47.5 Å². The van der Waals surface area contributed by atoms with Crippen molar-refractivity contribution in [2.75, 3.05) is 12.4 Å². The number of para-hydroxylation sites is 2. The third kappa shape index (κ3) is 6.07. The number of nitrogens with zero attached hydrogens (tertiary/aromatic N) is 1. The van der Waals surface area contributed by atoms with Crippen LogP contribution >= 0.6 is 11.6 Å². The van der Waals surface area contributed by atoms with Gasteiger partial charge in [-0.25, -0.2) is 0 Å². The normalized spacial score (nSPS) is 10.6. The number of rotatable bonds is 8. The van der Waals surface area contributed by atoms with Crippen LogP contribution in [0.25, 0.3) is 6.08 Å². The molecule has 0 saturated heterocycles. The monoisotopic (exact) mass is 438 g/mol. The Bertz CT molecular complexity index is 1110. The van der Waals surface area contributed by atoms with Crippen molar-refractivity contribution in [1.29, 1.82) is 0 Å². The second kappa shape index (κ2) is 10.3. The number of hydrogen-bond acceptors (Lipinski definition) is 5. The van der Waals surface area contributed by atoms with Gasteiger partial charge >= 0.3 is 0 Å². The fraction of sp³-hybridized carbons (Fsp3) is 0.0870. The standard InChI is InChI=1S/C23H19ClN2O5/c1-30-22-14-16(8-12-21(22)31-15-17-6-10-18(24)11-7-17)9-13-23(27)25-19-4-2-3-5-20(19)26(28)29/h2-14H,15H2,1H3,(H,25,27). The number of carbonyl (C=O) groups excluding carboxylic acids is 1. The predicted octanol–water partition coefficient (Wildman–Crippen LogP) is 5.49. The summed E-state index contributed by atoms with van der Waals surface area (Å²) in [7, 11) is 1.53. The van der Waals surface area contributed by atoms with Crippen LogP contribution in [-0.2, 0) is 11.4 Å². The van der Waals surface area contributed by atoms with Gasteiger partial charge in [-0.15, -0.1) is 0 Å². The van der Waals surface area contributed by atoms with Gasteiger partial charge in [0.2, 0.25) is 5.91 Å². The summed E-state index contributed by atoms with van der Waals surface area (Å²) < 4.78 is 11.2. The Morgan fingerprint density at radius 1 is 1.10 bits per heavy atom. The van der Waals surface area contributed by atoms with E-state index in [1.54, 1.807) is 42.5 Å². The molecule has 1 N–H and O–H groups in total. The van der Waals surface area contributed by atoms with E-state index in [1.165, 1.54) is 31.4 Å². The summed E-state index contributed by atoms with van der Waals surface area (Å²) in [4.78, 5) is 22.7. The maximum Gasteiger partial charge on any atom is 0.292 e.